The van der Waals surface area contributed by atoms with Gasteiger partial charge in [0.25, 0.3) is 0 Å². The number of nitrogens with one attached hydrogen (secondary N) is 1. The van der Waals surface area contributed by atoms with Gasteiger partial charge in [0.1, 0.15) is 5.54 Å². The molecule has 0 fully saturated rings. The van der Waals surface area contributed by atoms with Crippen LogP contribution in [0.2, 0.25) is 0 Å². The summed E-state index contributed by atoms with van der Waals surface area (Å²) in [5, 5.41) is 12.2. The standard InChI is InChI=1S/C14H27F3N2O2/c1-4-9-18-13(3,12(20)21)8-6-7-10-19(5-2)11-14(15,16)17/h18H,4-11H2,1-3H3,(H,20,21). The number of hydrogen-bond acceptors (Lipinski definition) is 3. The molecule has 0 bridgehead atoms. The predicted octanol–water partition coefficient (Wildman–Crippen LogP) is 2.88. The quantitative estimate of drug-likeness (QED) is 0.576. The number of carboxylic acid groups (broad SMARTS) is 1. The number of unbranched alkanes of at least 4 members (excludes halogenated alkanes) is 1. The zero-order valence-corrected chi connectivity index (χ0v) is 13.1. The lowest BCUT2D eigenvalue weighted by Crippen LogP contribution is -2.49. The van der Waals surface area contributed by atoms with E-state index in [0.29, 0.717) is 38.9 Å². The van der Waals surface area contributed by atoms with E-state index in [4.69, 9.17) is 0 Å². The van der Waals surface area contributed by atoms with Gasteiger partial charge in [-0.25, -0.2) is 0 Å². The first-order valence-electron chi connectivity index (χ1n) is 7.42. The number of nitrogens with zero attached hydrogens (tertiary/aromatic N) is 1. The topological polar surface area (TPSA) is 52.6 Å². The molecule has 0 spiro atoms. The Bertz CT molecular complexity index is 311. The minimum Gasteiger partial charge on any atom is -0.480 e. The highest BCUT2D eigenvalue weighted by atomic mass is 19.4. The van der Waals surface area contributed by atoms with Gasteiger partial charge < -0.3 is 10.4 Å². The molecule has 0 heterocycles. The first-order valence-corrected chi connectivity index (χ1v) is 7.42. The lowest BCUT2D eigenvalue weighted by Gasteiger charge is -2.27. The summed E-state index contributed by atoms with van der Waals surface area (Å²) >= 11 is 0. The Kier molecular flexibility index (Phi) is 8.89. The van der Waals surface area contributed by atoms with Gasteiger partial charge in [-0.05, 0) is 52.2 Å². The van der Waals surface area contributed by atoms with E-state index in [0.717, 1.165) is 6.42 Å². The van der Waals surface area contributed by atoms with Crippen molar-refractivity contribution in [3.63, 3.8) is 0 Å². The Balaban J connectivity index is 4.17. The van der Waals surface area contributed by atoms with Crippen LogP contribution in [-0.2, 0) is 4.79 Å². The first kappa shape index (κ1) is 20.2. The minimum absolute atomic E-state index is 0.333. The molecule has 21 heavy (non-hydrogen) atoms. The summed E-state index contributed by atoms with van der Waals surface area (Å²) in [5.41, 5.74) is -1.00. The molecule has 0 radical (unpaired) electrons. The molecule has 0 aromatic carbocycles. The third-order valence-electron chi connectivity index (χ3n) is 3.49. The van der Waals surface area contributed by atoms with Crippen LogP contribution in [0.25, 0.3) is 0 Å². The molecule has 0 aliphatic rings. The Hall–Kier alpha value is -0.820. The molecule has 0 aliphatic carbocycles. The van der Waals surface area contributed by atoms with Crippen molar-refractivity contribution < 1.29 is 23.1 Å². The zero-order chi connectivity index (χ0) is 16.5. The molecule has 4 nitrogen and oxygen atoms in total. The number of aliphatic carboxylic acids is 1. The van der Waals surface area contributed by atoms with E-state index in [-0.39, 0.29) is 0 Å². The van der Waals surface area contributed by atoms with E-state index < -0.39 is 24.2 Å². The monoisotopic (exact) mass is 312 g/mol. The number of alkyl halides is 3. The predicted molar refractivity (Wildman–Crippen MR) is 76.4 cm³/mol. The normalized spacial score (nSPS) is 15.2. The maximum Gasteiger partial charge on any atom is 0.401 e. The smallest absolute Gasteiger partial charge is 0.401 e. The van der Waals surface area contributed by atoms with Gasteiger partial charge in [0.15, 0.2) is 0 Å². The van der Waals surface area contributed by atoms with E-state index in [1.54, 1.807) is 13.8 Å². The highest BCUT2D eigenvalue weighted by Crippen LogP contribution is 2.18. The molecule has 1 unspecified atom stereocenters. The van der Waals surface area contributed by atoms with Crippen LogP contribution in [0.4, 0.5) is 13.2 Å². The molecule has 1 atom stereocenters. The third-order valence-corrected chi connectivity index (χ3v) is 3.49. The minimum atomic E-state index is -4.19. The van der Waals surface area contributed by atoms with Crippen LogP contribution < -0.4 is 5.32 Å². The van der Waals surface area contributed by atoms with Crippen LogP contribution >= 0.6 is 0 Å². The van der Waals surface area contributed by atoms with Crippen LogP contribution in [0.1, 0.15) is 46.5 Å². The van der Waals surface area contributed by atoms with Crippen LogP contribution in [0.15, 0.2) is 0 Å². The number of hydrogen-bond donors (Lipinski definition) is 2. The molecule has 0 rings (SSSR count). The molecule has 0 aromatic heterocycles. The fourth-order valence-corrected chi connectivity index (χ4v) is 2.09. The highest BCUT2D eigenvalue weighted by molar-refractivity contribution is 5.78. The Morgan fingerprint density at radius 3 is 2.29 bits per heavy atom. The fourth-order valence-electron chi connectivity index (χ4n) is 2.09. The van der Waals surface area contributed by atoms with Gasteiger partial charge in [0.2, 0.25) is 0 Å². The van der Waals surface area contributed by atoms with Gasteiger partial charge in [0, 0.05) is 0 Å². The van der Waals surface area contributed by atoms with Crippen molar-refractivity contribution in [2.45, 2.75) is 58.2 Å². The summed E-state index contributed by atoms with van der Waals surface area (Å²) < 4.78 is 36.9. The van der Waals surface area contributed by atoms with Crippen molar-refractivity contribution in [2.75, 3.05) is 26.2 Å². The van der Waals surface area contributed by atoms with Crippen molar-refractivity contribution in [1.29, 1.82) is 0 Å². The van der Waals surface area contributed by atoms with E-state index >= 15 is 0 Å². The van der Waals surface area contributed by atoms with E-state index in [2.05, 4.69) is 5.32 Å². The molecule has 126 valence electrons. The Morgan fingerprint density at radius 1 is 1.24 bits per heavy atom. The van der Waals surface area contributed by atoms with Crippen LogP contribution in [-0.4, -0.2) is 53.9 Å². The molecular formula is C14H27F3N2O2. The average molecular weight is 312 g/mol. The first-order chi connectivity index (χ1) is 9.64. The van der Waals surface area contributed by atoms with Gasteiger partial charge in [-0.3, -0.25) is 9.69 Å². The molecular weight excluding hydrogens is 285 g/mol. The van der Waals surface area contributed by atoms with Crippen LogP contribution in [0, 0.1) is 0 Å². The van der Waals surface area contributed by atoms with Crippen LogP contribution in [0.5, 0.6) is 0 Å². The Labute approximate surface area is 124 Å². The zero-order valence-electron chi connectivity index (χ0n) is 13.1. The van der Waals surface area contributed by atoms with Gasteiger partial charge in [-0.2, -0.15) is 13.2 Å². The molecule has 0 aromatic rings. The average Bonchev–Trinajstić information content (AvgIpc) is 2.38. The van der Waals surface area contributed by atoms with Crippen molar-refractivity contribution in [3.8, 4) is 0 Å². The number of carboxylic acids is 1. The van der Waals surface area contributed by atoms with Gasteiger partial charge in [-0.1, -0.05) is 13.8 Å². The van der Waals surface area contributed by atoms with Crippen molar-refractivity contribution in [1.82, 2.24) is 10.2 Å². The van der Waals surface area contributed by atoms with Crippen molar-refractivity contribution >= 4 is 5.97 Å². The van der Waals surface area contributed by atoms with E-state index in [9.17, 15) is 23.1 Å². The molecule has 0 aliphatic heterocycles. The van der Waals surface area contributed by atoms with Gasteiger partial charge in [-0.15, -0.1) is 0 Å². The molecule has 0 amide bonds. The number of carbonyl (C=O) groups is 1. The summed E-state index contributed by atoms with van der Waals surface area (Å²) in [7, 11) is 0. The van der Waals surface area contributed by atoms with Gasteiger partial charge >= 0.3 is 12.1 Å². The second-order valence-corrected chi connectivity index (χ2v) is 5.51. The Morgan fingerprint density at radius 2 is 1.86 bits per heavy atom. The maximum absolute atomic E-state index is 12.3. The summed E-state index contributed by atoms with van der Waals surface area (Å²) in [5.74, 6) is -0.918. The second kappa shape index (κ2) is 9.25. The van der Waals surface area contributed by atoms with Gasteiger partial charge in [0.05, 0.1) is 6.54 Å². The summed E-state index contributed by atoms with van der Waals surface area (Å²) in [6.07, 6.45) is -1.81. The third kappa shape index (κ3) is 8.93. The second-order valence-electron chi connectivity index (χ2n) is 5.51. The molecule has 0 saturated heterocycles. The highest BCUT2D eigenvalue weighted by Gasteiger charge is 2.32. The van der Waals surface area contributed by atoms with E-state index in [1.165, 1.54) is 4.90 Å². The maximum atomic E-state index is 12.3. The lowest BCUT2D eigenvalue weighted by atomic mass is 9.94. The summed E-state index contributed by atoms with van der Waals surface area (Å²) in [6, 6.07) is 0. The van der Waals surface area contributed by atoms with Crippen LogP contribution in [0.3, 0.4) is 0 Å². The van der Waals surface area contributed by atoms with Crippen molar-refractivity contribution in [3.05, 3.63) is 0 Å². The SMILES string of the molecule is CCCNC(C)(CCCCN(CC)CC(F)(F)F)C(=O)O. The lowest BCUT2D eigenvalue weighted by molar-refractivity contribution is -0.145. The number of halogens is 3. The summed E-state index contributed by atoms with van der Waals surface area (Å²) in [6.45, 7) is 5.63. The largest absolute Gasteiger partial charge is 0.480 e. The summed E-state index contributed by atoms with van der Waals surface area (Å²) in [4.78, 5) is 12.6. The van der Waals surface area contributed by atoms with E-state index in [1.807, 2.05) is 6.92 Å². The molecule has 0 saturated carbocycles. The molecule has 7 heteroatoms. The molecule has 2 N–H and O–H groups in total. The number of rotatable bonds is 11. The fraction of sp³-hybridized carbons (Fsp3) is 0.929. The van der Waals surface area contributed by atoms with Crippen molar-refractivity contribution in [2.24, 2.45) is 0 Å².